The highest BCUT2D eigenvalue weighted by Crippen LogP contribution is 2.15. The molecule has 0 aliphatic heterocycles. The van der Waals surface area contributed by atoms with Crippen molar-refractivity contribution in [3.05, 3.63) is 29.8 Å². The van der Waals surface area contributed by atoms with Crippen LogP contribution in [-0.2, 0) is 9.53 Å². The molecule has 1 aromatic rings. The molecule has 1 rings (SSSR count). The van der Waals surface area contributed by atoms with Crippen molar-refractivity contribution in [1.29, 1.82) is 0 Å². The Morgan fingerprint density at radius 1 is 1.24 bits per heavy atom. The molecule has 0 radical (unpaired) electrons. The smallest absolute Gasteiger partial charge is 0.408 e. The standard InChI is InChI=1S/C14H18F2N2O3/c1-8(17-13(20)21-14(2,3)4)12(19)18-11-7-9(15)5-6-10(11)16/h5-8H,1-4H3,(H,17,20)(H,18,19). The van der Waals surface area contributed by atoms with E-state index in [1.54, 1.807) is 20.8 Å². The fourth-order valence-electron chi connectivity index (χ4n) is 1.38. The first-order valence-electron chi connectivity index (χ1n) is 6.34. The molecule has 5 nitrogen and oxygen atoms in total. The molecule has 7 heteroatoms. The minimum absolute atomic E-state index is 0.294. The number of nitrogens with one attached hydrogen (secondary N) is 2. The van der Waals surface area contributed by atoms with Crippen LogP contribution in [0.1, 0.15) is 27.7 Å². The number of rotatable bonds is 3. The van der Waals surface area contributed by atoms with Crippen molar-refractivity contribution in [2.75, 3.05) is 5.32 Å². The molecular formula is C14H18F2N2O3. The van der Waals surface area contributed by atoms with Crippen molar-refractivity contribution in [3.63, 3.8) is 0 Å². The van der Waals surface area contributed by atoms with E-state index in [0.29, 0.717) is 0 Å². The summed E-state index contributed by atoms with van der Waals surface area (Å²) in [4.78, 5) is 23.3. The van der Waals surface area contributed by atoms with E-state index in [-0.39, 0.29) is 5.69 Å². The number of anilines is 1. The van der Waals surface area contributed by atoms with Gasteiger partial charge in [-0.3, -0.25) is 4.79 Å². The lowest BCUT2D eigenvalue weighted by Gasteiger charge is -2.21. The number of alkyl carbamates (subject to hydrolysis) is 1. The molecule has 0 fully saturated rings. The summed E-state index contributed by atoms with van der Waals surface area (Å²) in [7, 11) is 0. The lowest BCUT2D eigenvalue weighted by molar-refractivity contribution is -0.117. The number of benzene rings is 1. The highest BCUT2D eigenvalue weighted by atomic mass is 19.1. The summed E-state index contributed by atoms with van der Waals surface area (Å²) in [5.74, 6) is -2.14. The topological polar surface area (TPSA) is 67.4 Å². The van der Waals surface area contributed by atoms with Gasteiger partial charge in [0.1, 0.15) is 23.3 Å². The second-order valence-electron chi connectivity index (χ2n) is 5.48. The summed E-state index contributed by atoms with van der Waals surface area (Å²) in [6.45, 7) is 6.44. The highest BCUT2D eigenvalue weighted by molar-refractivity contribution is 5.96. The van der Waals surface area contributed by atoms with Crippen molar-refractivity contribution in [1.82, 2.24) is 5.32 Å². The Morgan fingerprint density at radius 3 is 2.43 bits per heavy atom. The Kier molecular flexibility index (Phi) is 5.23. The molecule has 1 unspecified atom stereocenters. The highest BCUT2D eigenvalue weighted by Gasteiger charge is 2.21. The lowest BCUT2D eigenvalue weighted by atomic mass is 10.2. The number of carbonyl (C=O) groups excluding carboxylic acids is 2. The largest absolute Gasteiger partial charge is 0.444 e. The Hall–Kier alpha value is -2.18. The van der Waals surface area contributed by atoms with E-state index in [9.17, 15) is 18.4 Å². The molecule has 1 aromatic carbocycles. The fraction of sp³-hybridized carbons (Fsp3) is 0.429. The van der Waals surface area contributed by atoms with Crippen LogP contribution in [0.25, 0.3) is 0 Å². The number of amides is 2. The molecule has 0 heterocycles. The van der Waals surface area contributed by atoms with Gasteiger partial charge in [-0.05, 0) is 39.8 Å². The molecule has 0 aliphatic rings. The van der Waals surface area contributed by atoms with Gasteiger partial charge < -0.3 is 15.4 Å². The molecule has 0 saturated heterocycles. The fourth-order valence-corrected chi connectivity index (χ4v) is 1.38. The van der Waals surface area contributed by atoms with Gasteiger partial charge >= 0.3 is 6.09 Å². The van der Waals surface area contributed by atoms with Crippen molar-refractivity contribution in [2.24, 2.45) is 0 Å². The van der Waals surface area contributed by atoms with E-state index < -0.39 is 35.3 Å². The number of ether oxygens (including phenoxy) is 1. The van der Waals surface area contributed by atoms with Crippen LogP contribution >= 0.6 is 0 Å². The minimum Gasteiger partial charge on any atom is -0.444 e. The van der Waals surface area contributed by atoms with Crippen molar-refractivity contribution < 1.29 is 23.1 Å². The molecule has 2 N–H and O–H groups in total. The SMILES string of the molecule is CC(NC(=O)OC(C)(C)C)C(=O)Nc1cc(F)ccc1F. The van der Waals surface area contributed by atoms with E-state index in [1.807, 2.05) is 0 Å². The first kappa shape index (κ1) is 16.9. The van der Waals surface area contributed by atoms with E-state index in [4.69, 9.17) is 4.74 Å². The second kappa shape index (κ2) is 6.51. The summed E-state index contributed by atoms with van der Waals surface area (Å²) in [6, 6.07) is 1.72. The number of hydrogen-bond acceptors (Lipinski definition) is 3. The summed E-state index contributed by atoms with van der Waals surface area (Å²) in [5, 5.41) is 4.50. The molecule has 0 saturated carbocycles. The summed E-state index contributed by atoms with van der Waals surface area (Å²) in [5.41, 5.74) is -0.993. The molecule has 116 valence electrons. The van der Waals surface area contributed by atoms with Crippen molar-refractivity contribution in [2.45, 2.75) is 39.3 Å². The maximum Gasteiger partial charge on any atom is 0.408 e. The predicted molar refractivity (Wildman–Crippen MR) is 73.8 cm³/mol. The Bertz CT molecular complexity index is 542. The average Bonchev–Trinajstić information content (AvgIpc) is 2.31. The van der Waals surface area contributed by atoms with E-state index in [1.165, 1.54) is 6.92 Å². The number of hydrogen-bond donors (Lipinski definition) is 2. The zero-order valence-corrected chi connectivity index (χ0v) is 12.3. The van der Waals surface area contributed by atoms with Crippen LogP contribution in [0.15, 0.2) is 18.2 Å². The molecule has 1 atom stereocenters. The molecule has 21 heavy (non-hydrogen) atoms. The molecule has 0 spiro atoms. The van der Waals surface area contributed by atoms with Crippen LogP contribution in [0, 0.1) is 11.6 Å². The van der Waals surface area contributed by atoms with Crippen LogP contribution < -0.4 is 10.6 Å². The van der Waals surface area contributed by atoms with Crippen molar-refractivity contribution in [3.8, 4) is 0 Å². The molecule has 0 aromatic heterocycles. The third-order valence-corrected chi connectivity index (χ3v) is 2.31. The number of carbonyl (C=O) groups is 2. The van der Waals surface area contributed by atoms with Crippen LogP contribution in [-0.4, -0.2) is 23.6 Å². The van der Waals surface area contributed by atoms with Crippen LogP contribution in [0.4, 0.5) is 19.3 Å². The molecule has 2 amide bonds. The van der Waals surface area contributed by atoms with Gasteiger partial charge in [0.15, 0.2) is 0 Å². The molecule has 0 bridgehead atoms. The van der Waals surface area contributed by atoms with Crippen LogP contribution in [0.5, 0.6) is 0 Å². The number of halogens is 2. The third kappa shape index (κ3) is 5.76. The minimum atomic E-state index is -0.970. The Labute approximate surface area is 121 Å². The first-order chi connectivity index (χ1) is 9.58. The van der Waals surface area contributed by atoms with Gasteiger partial charge in [-0.2, -0.15) is 0 Å². The summed E-state index contributed by atoms with van der Waals surface area (Å²) in [6.07, 6.45) is -0.773. The molecule has 0 aliphatic carbocycles. The predicted octanol–water partition coefficient (Wildman–Crippen LogP) is 2.82. The maximum absolute atomic E-state index is 13.4. The van der Waals surface area contributed by atoms with Gasteiger partial charge in [-0.1, -0.05) is 0 Å². The quantitative estimate of drug-likeness (QED) is 0.902. The van der Waals surface area contributed by atoms with Crippen molar-refractivity contribution >= 4 is 17.7 Å². The van der Waals surface area contributed by atoms with E-state index in [2.05, 4.69) is 10.6 Å². The Balaban J connectivity index is 2.63. The summed E-state index contributed by atoms with van der Waals surface area (Å²) >= 11 is 0. The normalized spacial score (nSPS) is 12.5. The van der Waals surface area contributed by atoms with Gasteiger partial charge in [-0.15, -0.1) is 0 Å². The first-order valence-corrected chi connectivity index (χ1v) is 6.34. The zero-order valence-electron chi connectivity index (χ0n) is 12.3. The van der Waals surface area contributed by atoms with Gasteiger partial charge in [-0.25, -0.2) is 13.6 Å². The third-order valence-electron chi connectivity index (χ3n) is 2.31. The maximum atomic E-state index is 13.4. The second-order valence-corrected chi connectivity index (χ2v) is 5.48. The molecular weight excluding hydrogens is 282 g/mol. The van der Waals surface area contributed by atoms with Gasteiger partial charge in [0.2, 0.25) is 5.91 Å². The zero-order chi connectivity index (χ0) is 16.2. The average molecular weight is 300 g/mol. The van der Waals surface area contributed by atoms with Crippen LogP contribution in [0.3, 0.4) is 0 Å². The Morgan fingerprint density at radius 2 is 1.86 bits per heavy atom. The van der Waals surface area contributed by atoms with E-state index >= 15 is 0 Å². The van der Waals surface area contributed by atoms with Gasteiger partial charge in [0.25, 0.3) is 0 Å². The van der Waals surface area contributed by atoms with Crippen LogP contribution in [0.2, 0.25) is 0 Å². The van der Waals surface area contributed by atoms with Gasteiger partial charge in [0.05, 0.1) is 5.69 Å². The summed E-state index contributed by atoms with van der Waals surface area (Å²) < 4.78 is 31.4. The van der Waals surface area contributed by atoms with E-state index in [0.717, 1.165) is 18.2 Å². The van der Waals surface area contributed by atoms with Gasteiger partial charge in [0, 0.05) is 6.07 Å². The lowest BCUT2D eigenvalue weighted by Crippen LogP contribution is -2.44. The monoisotopic (exact) mass is 300 g/mol.